The van der Waals surface area contributed by atoms with E-state index in [-0.39, 0.29) is 22.0 Å². The van der Waals surface area contributed by atoms with Crippen molar-refractivity contribution >= 4 is 33.3 Å². The highest BCUT2D eigenvalue weighted by atomic mass is 32.2. The molecule has 0 aliphatic carbocycles. The second-order valence-corrected chi connectivity index (χ2v) is 9.08. The molecule has 0 atom stereocenters. The molecule has 172 valence electrons. The van der Waals surface area contributed by atoms with Crippen molar-refractivity contribution in [1.82, 2.24) is 0 Å². The molecule has 0 heterocycles. The van der Waals surface area contributed by atoms with Crippen molar-refractivity contribution in [2.45, 2.75) is 25.7 Å². The van der Waals surface area contributed by atoms with E-state index in [4.69, 9.17) is 4.74 Å². The van der Waals surface area contributed by atoms with Crippen LogP contribution < -0.4 is 14.9 Å². The molecule has 0 fully saturated rings. The fraction of sp³-hybridized carbons (Fsp3) is 0.174. The first-order valence-electron chi connectivity index (χ1n) is 9.93. The van der Waals surface area contributed by atoms with Crippen LogP contribution in [0, 0.1) is 30.9 Å². The van der Waals surface area contributed by atoms with Gasteiger partial charge in [0.25, 0.3) is 15.7 Å². The first kappa shape index (κ1) is 23.7. The summed E-state index contributed by atoms with van der Waals surface area (Å²) in [6.45, 7) is 5.92. The molecule has 0 spiro atoms. The van der Waals surface area contributed by atoms with Crippen LogP contribution in [0.1, 0.15) is 22.3 Å². The van der Waals surface area contributed by atoms with Crippen molar-refractivity contribution < 1.29 is 18.1 Å². The summed E-state index contributed by atoms with van der Waals surface area (Å²) in [5, 5.41) is 15.5. The van der Waals surface area contributed by atoms with Crippen LogP contribution in [0.2, 0.25) is 0 Å². The van der Waals surface area contributed by atoms with Gasteiger partial charge in [0, 0.05) is 17.7 Å². The van der Waals surface area contributed by atoms with Gasteiger partial charge in [-0.1, -0.05) is 29.8 Å². The molecule has 2 N–H and O–H groups in total. The first-order chi connectivity index (χ1) is 15.6. The van der Waals surface area contributed by atoms with Crippen LogP contribution in [-0.4, -0.2) is 26.7 Å². The van der Waals surface area contributed by atoms with Crippen molar-refractivity contribution in [2.75, 3.05) is 17.3 Å². The van der Waals surface area contributed by atoms with Crippen molar-refractivity contribution in [3.8, 4) is 5.75 Å². The van der Waals surface area contributed by atoms with Gasteiger partial charge in [-0.3, -0.25) is 20.3 Å². The number of non-ortho nitro benzene ring substituents is 1. The molecule has 0 saturated carbocycles. The third kappa shape index (κ3) is 5.47. The minimum atomic E-state index is -4.22. The van der Waals surface area contributed by atoms with E-state index in [0.29, 0.717) is 5.75 Å². The maximum Gasteiger partial charge on any atom is 0.270 e. The van der Waals surface area contributed by atoms with Crippen LogP contribution >= 0.6 is 0 Å². The lowest BCUT2D eigenvalue weighted by Crippen LogP contribution is -2.15. The van der Waals surface area contributed by atoms with Gasteiger partial charge in [0.15, 0.2) is 0 Å². The Labute approximate surface area is 192 Å². The molecule has 9 nitrogen and oxygen atoms in total. The van der Waals surface area contributed by atoms with Gasteiger partial charge in [0.1, 0.15) is 10.6 Å². The SMILES string of the molecule is COc1ccccc1NS(=O)(=O)c1cc([N+](=O)[O-])ccc1NN=Cc1c(C)cc(C)cc1C. The summed E-state index contributed by atoms with van der Waals surface area (Å²) in [7, 11) is -2.81. The molecule has 3 aromatic rings. The number of aryl methyl sites for hydroxylation is 3. The average molecular weight is 469 g/mol. The normalized spacial score (nSPS) is 11.4. The van der Waals surface area contributed by atoms with Crippen molar-refractivity contribution in [3.63, 3.8) is 0 Å². The van der Waals surface area contributed by atoms with Crippen molar-refractivity contribution in [2.24, 2.45) is 5.10 Å². The number of nitro groups is 1. The highest BCUT2D eigenvalue weighted by molar-refractivity contribution is 7.93. The second-order valence-electron chi connectivity index (χ2n) is 7.43. The highest BCUT2D eigenvalue weighted by Crippen LogP contribution is 2.31. The van der Waals surface area contributed by atoms with E-state index in [0.717, 1.165) is 28.3 Å². The summed E-state index contributed by atoms with van der Waals surface area (Å²) in [6.07, 6.45) is 1.59. The quantitative estimate of drug-likeness (QED) is 0.279. The molecular weight excluding hydrogens is 444 g/mol. The zero-order valence-corrected chi connectivity index (χ0v) is 19.4. The Hall–Kier alpha value is -3.92. The molecule has 0 unspecified atom stereocenters. The van der Waals surface area contributed by atoms with Gasteiger partial charge in [0.05, 0.1) is 29.6 Å². The maximum atomic E-state index is 13.2. The van der Waals surface area contributed by atoms with Crippen molar-refractivity contribution in [1.29, 1.82) is 0 Å². The maximum absolute atomic E-state index is 13.2. The predicted octanol–water partition coefficient (Wildman–Crippen LogP) is 4.78. The lowest BCUT2D eigenvalue weighted by molar-refractivity contribution is -0.385. The number of nitrogens with one attached hydrogen (secondary N) is 2. The van der Waals surface area contributed by atoms with Gasteiger partial charge in [-0.2, -0.15) is 5.10 Å². The van der Waals surface area contributed by atoms with Crippen molar-refractivity contribution in [3.05, 3.63) is 87.0 Å². The molecule has 0 aliphatic rings. The molecule has 0 aliphatic heterocycles. The standard InChI is InChI=1S/C23H24N4O5S/c1-15-11-16(2)19(17(3)12-15)14-24-25-21-10-9-18(27(28)29)13-23(21)33(30,31)26-20-7-5-6-8-22(20)32-4/h5-14,25-26H,1-4H3. The number of benzene rings is 3. The molecule has 33 heavy (non-hydrogen) atoms. The Morgan fingerprint density at radius 3 is 2.30 bits per heavy atom. The summed E-state index contributed by atoms with van der Waals surface area (Å²) in [4.78, 5) is 10.3. The highest BCUT2D eigenvalue weighted by Gasteiger charge is 2.23. The van der Waals surface area contributed by atoms with E-state index in [1.54, 1.807) is 24.4 Å². The third-order valence-electron chi connectivity index (χ3n) is 4.93. The fourth-order valence-electron chi connectivity index (χ4n) is 3.43. The Balaban J connectivity index is 1.99. The number of nitrogens with zero attached hydrogens (tertiary/aromatic N) is 2. The predicted molar refractivity (Wildman–Crippen MR) is 129 cm³/mol. The Morgan fingerprint density at radius 1 is 1.00 bits per heavy atom. The number of hydrogen-bond acceptors (Lipinski definition) is 7. The molecule has 0 bridgehead atoms. The number of para-hydroxylation sites is 2. The Morgan fingerprint density at radius 2 is 1.67 bits per heavy atom. The van der Waals surface area contributed by atoms with E-state index in [9.17, 15) is 18.5 Å². The first-order valence-corrected chi connectivity index (χ1v) is 11.4. The van der Waals surface area contributed by atoms with E-state index in [1.165, 1.54) is 25.3 Å². The van der Waals surface area contributed by atoms with Crippen LogP contribution in [0.3, 0.4) is 0 Å². The number of rotatable bonds is 8. The van der Waals surface area contributed by atoms with Gasteiger partial charge in [0.2, 0.25) is 0 Å². The van der Waals surface area contributed by atoms with Gasteiger partial charge in [-0.05, 0) is 50.1 Å². The summed E-state index contributed by atoms with van der Waals surface area (Å²) in [5.74, 6) is 0.310. The molecule has 0 radical (unpaired) electrons. The third-order valence-corrected chi connectivity index (χ3v) is 6.34. The number of anilines is 2. The van der Waals surface area contributed by atoms with Crippen LogP contribution in [0.25, 0.3) is 0 Å². The molecule has 0 amide bonds. The summed E-state index contributed by atoms with van der Waals surface area (Å²) in [5.41, 5.74) is 6.70. The molecular formula is C23H24N4O5S. The van der Waals surface area contributed by atoms with Crippen LogP contribution in [0.15, 0.2) is 64.6 Å². The number of hydrogen-bond donors (Lipinski definition) is 2. The molecule has 0 saturated heterocycles. The van der Waals surface area contributed by atoms with Gasteiger partial charge < -0.3 is 4.74 Å². The number of nitro benzene ring substituents is 1. The van der Waals surface area contributed by atoms with E-state index >= 15 is 0 Å². The van der Waals surface area contributed by atoms with Crippen LogP contribution in [-0.2, 0) is 10.0 Å². The Bertz CT molecular complexity index is 1310. The molecule has 0 aromatic heterocycles. The van der Waals surface area contributed by atoms with Gasteiger partial charge in [-0.15, -0.1) is 0 Å². The van der Waals surface area contributed by atoms with Crippen LogP contribution in [0.4, 0.5) is 17.1 Å². The van der Waals surface area contributed by atoms with E-state index < -0.39 is 14.9 Å². The Kier molecular flexibility index (Phi) is 6.98. The minimum absolute atomic E-state index is 0.0849. The lowest BCUT2D eigenvalue weighted by Gasteiger charge is -2.14. The lowest BCUT2D eigenvalue weighted by atomic mass is 10.0. The summed E-state index contributed by atoms with van der Waals surface area (Å²) >= 11 is 0. The largest absolute Gasteiger partial charge is 0.495 e. The van der Waals surface area contributed by atoms with E-state index in [2.05, 4.69) is 15.2 Å². The number of ether oxygens (including phenoxy) is 1. The molecule has 3 rings (SSSR count). The zero-order valence-electron chi connectivity index (χ0n) is 18.6. The van der Waals surface area contributed by atoms with Gasteiger partial charge in [-0.25, -0.2) is 8.42 Å². The average Bonchev–Trinajstić information content (AvgIpc) is 2.75. The zero-order chi connectivity index (χ0) is 24.2. The fourth-order valence-corrected chi connectivity index (χ4v) is 4.68. The number of methoxy groups -OCH3 is 1. The minimum Gasteiger partial charge on any atom is -0.495 e. The number of sulfonamides is 1. The number of hydrazone groups is 1. The van der Waals surface area contributed by atoms with E-state index in [1.807, 2.05) is 32.9 Å². The second kappa shape index (κ2) is 9.70. The van der Waals surface area contributed by atoms with Crippen LogP contribution in [0.5, 0.6) is 5.75 Å². The monoisotopic (exact) mass is 468 g/mol. The molecule has 10 heteroatoms. The summed E-state index contributed by atoms with van der Waals surface area (Å²) in [6, 6.07) is 14.0. The summed E-state index contributed by atoms with van der Waals surface area (Å²) < 4.78 is 33.9. The smallest absolute Gasteiger partial charge is 0.270 e. The topological polar surface area (TPSA) is 123 Å². The molecule has 3 aromatic carbocycles. The van der Waals surface area contributed by atoms with Gasteiger partial charge >= 0.3 is 0 Å².